The molecule has 1 rings (SSSR count). The normalized spacial score (nSPS) is 10.7. The fourth-order valence-corrected chi connectivity index (χ4v) is 1.98. The van der Waals surface area contributed by atoms with E-state index in [1.54, 1.807) is 7.11 Å². The number of hydrogen-bond acceptors (Lipinski definition) is 4. The van der Waals surface area contributed by atoms with Crippen molar-refractivity contribution in [1.82, 2.24) is 4.90 Å². The molecule has 0 spiro atoms. The third-order valence-corrected chi connectivity index (χ3v) is 3.15. The van der Waals surface area contributed by atoms with Gasteiger partial charge in [-0.2, -0.15) is 0 Å². The van der Waals surface area contributed by atoms with Crippen LogP contribution < -0.4 is 10.5 Å². The molecule has 0 unspecified atom stereocenters. The van der Waals surface area contributed by atoms with Crippen molar-refractivity contribution in [2.75, 3.05) is 32.5 Å². The number of rotatable bonds is 7. The van der Waals surface area contributed by atoms with Crippen molar-refractivity contribution >= 4 is 11.4 Å². The summed E-state index contributed by atoms with van der Waals surface area (Å²) in [5.41, 5.74) is 7.81. The number of nitrogens with two attached hydrogens (primary N) is 1. The smallest absolute Gasteiger partial charge is 0.129 e. The van der Waals surface area contributed by atoms with Crippen LogP contribution in [0.25, 0.3) is 0 Å². The SMILES string of the molecule is CCN(CC)CCC(=N)c1c(N)cccc1OC. The Hall–Kier alpha value is -1.55. The minimum absolute atomic E-state index is 0.539. The van der Waals surface area contributed by atoms with Crippen LogP contribution in [0.5, 0.6) is 5.75 Å². The van der Waals surface area contributed by atoms with E-state index in [4.69, 9.17) is 15.9 Å². The zero-order chi connectivity index (χ0) is 13.5. The van der Waals surface area contributed by atoms with Gasteiger partial charge in [0.05, 0.1) is 12.7 Å². The third-order valence-electron chi connectivity index (χ3n) is 3.15. The molecule has 0 radical (unpaired) electrons. The summed E-state index contributed by atoms with van der Waals surface area (Å²) in [6.45, 7) is 7.15. The van der Waals surface area contributed by atoms with Gasteiger partial charge in [-0.15, -0.1) is 0 Å². The maximum Gasteiger partial charge on any atom is 0.129 e. The van der Waals surface area contributed by atoms with Crippen LogP contribution in [0.15, 0.2) is 18.2 Å². The van der Waals surface area contributed by atoms with E-state index in [0.29, 0.717) is 23.6 Å². The fourth-order valence-electron chi connectivity index (χ4n) is 1.98. The highest BCUT2D eigenvalue weighted by molar-refractivity contribution is 6.05. The van der Waals surface area contributed by atoms with Crippen LogP contribution >= 0.6 is 0 Å². The van der Waals surface area contributed by atoms with Gasteiger partial charge in [0, 0.05) is 24.4 Å². The highest BCUT2D eigenvalue weighted by atomic mass is 16.5. The monoisotopic (exact) mass is 249 g/mol. The molecule has 0 heterocycles. The van der Waals surface area contributed by atoms with E-state index in [2.05, 4.69) is 18.7 Å². The molecule has 18 heavy (non-hydrogen) atoms. The highest BCUT2D eigenvalue weighted by Crippen LogP contribution is 2.25. The van der Waals surface area contributed by atoms with Crippen LogP contribution in [0.2, 0.25) is 0 Å². The molecule has 0 bridgehead atoms. The second-order valence-corrected chi connectivity index (χ2v) is 4.18. The molecule has 1 aromatic carbocycles. The summed E-state index contributed by atoms with van der Waals surface area (Å²) in [5.74, 6) is 0.680. The molecule has 0 aromatic heterocycles. The number of nitrogens with zero attached hydrogens (tertiary/aromatic N) is 1. The Morgan fingerprint density at radius 2 is 2.00 bits per heavy atom. The maximum atomic E-state index is 8.17. The van der Waals surface area contributed by atoms with Crippen LogP contribution in [0.3, 0.4) is 0 Å². The predicted octanol–water partition coefficient (Wildman–Crippen LogP) is 2.38. The molecular formula is C14H23N3O. The standard InChI is InChI=1S/C14H23N3O/c1-4-17(5-2)10-9-12(16)14-11(15)7-6-8-13(14)18-3/h6-8,16H,4-5,9-10,15H2,1-3H3. The first-order valence-electron chi connectivity index (χ1n) is 6.36. The average molecular weight is 249 g/mol. The lowest BCUT2D eigenvalue weighted by Crippen LogP contribution is -2.26. The summed E-state index contributed by atoms with van der Waals surface area (Å²) in [4.78, 5) is 2.29. The molecule has 4 heteroatoms. The average Bonchev–Trinajstić information content (AvgIpc) is 2.39. The summed E-state index contributed by atoms with van der Waals surface area (Å²) >= 11 is 0. The lowest BCUT2D eigenvalue weighted by Gasteiger charge is -2.19. The molecule has 0 aliphatic rings. The summed E-state index contributed by atoms with van der Waals surface area (Å²) in [7, 11) is 1.61. The van der Waals surface area contributed by atoms with Crippen molar-refractivity contribution in [2.24, 2.45) is 0 Å². The second-order valence-electron chi connectivity index (χ2n) is 4.18. The molecular weight excluding hydrogens is 226 g/mol. The van der Waals surface area contributed by atoms with Crippen molar-refractivity contribution in [2.45, 2.75) is 20.3 Å². The quantitative estimate of drug-likeness (QED) is 0.576. The van der Waals surface area contributed by atoms with Crippen molar-refractivity contribution in [1.29, 1.82) is 5.41 Å². The van der Waals surface area contributed by atoms with Crippen molar-refractivity contribution in [3.05, 3.63) is 23.8 Å². The van der Waals surface area contributed by atoms with Gasteiger partial charge in [0.2, 0.25) is 0 Å². The predicted molar refractivity (Wildman–Crippen MR) is 76.6 cm³/mol. The number of nitrogen functional groups attached to an aromatic ring is 1. The molecule has 4 nitrogen and oxygen atoms in total. The Balaban J connectivity index is 2.78. The topological polar surface area (TPSA) is 62.3 Å². The van der Waals surface area contributed by atoms with Gasteiger partial charge in [-0.05, 0) is 25.2 Å². The fraction of sp³-hybridized carbons (Fsp3) is 0.500. The zero-order valence-corrected chi connectivity index (χ0v) is 11.5. The lowest BCUT2D eigenvalue weighted by atomic mass is 10.0. The molecule has 1 aromatic rings. The van der Waals surface area contributed by atoms with E-state index >= 15 is 0 Å². The van der Waals surface area contributed by atoms with E-state index in [0.717, 1.165) is 25.2 Å². The Morgan fingerprint density at radius 3 is 2.56 bits per heavy atom. The molecule has 3 N–H and O–H groups in total. The minimum atomic E-state index is 0.539. The van der Waals surface area contributed by atoms with Gasteiger partial charge in [0.15, 0.2) is 0 Å². The number of nitrogens with one attached hydrogen (secondary N) is 1. The van der Waals surface area contributed by atoms with Crippen LogP contribution in [0.1, 0.15) is 25.8 Å². The molecule has 0 atom stereocenters. The molecule has 0 amide bonds. The first-order valence-corrected chi connectivity index (χ1v) is 6.36. The van der Waals surface area contributed by atoms with E-state index in [-0.39, 0.29) is 0 Å². The Morgan fingerprint density at radius 1 is 1.33 bits per heavy atom. The third kappa shape index (κ3) is 3.47. The number of ether oxygens (including phenoxy) is 1. The molecule has 100 valence electrons. The summed E-state index contributed by atoms with van der Waals surface area (Å²) < 4.78 is 5.27. The van der Waals surface area contributed by atoms with Gasteiger partial charge in [-0.3, -0.25) is 0 Å². The van der Waals surface area contributed by atoms with Gasteiger partial charge in [-0.1, -0.05) is 19.9 Å². The van der Waals surface area contributed by atoms with Crippen molar-refractivity contribution < 1.29 is 4.74 Å². The summed E-state index contributed by atoms with van der Waals surface area (Å²) in [6, 6.07) is 5.50. The number of benzene rings is 1. The zero-order valence-electron chi connectivity index (χ0n) is 11.5. The molecule has 0 saturated carbocycles. The van der Waals surface area contributed by atoms with E-state index in [9.17, 15) is 0 Å². The molecule has 0 aliphatic heterocycles. The van der Waals surface area contributed by atoms with Crippen molar-refractivity contribution in [3.8, 4) is 5.75 Å². The van der Waals surface area contributed by atoms with Gasteiger partial charge in [0.1, 0.15) is 5.75 Å². The molecule has 0 aliphatic carbocycles. The van der Waals surface area contributed by atoms with Crippen LogP contribution in [0, 0.1) is 5.41 Å². The minimum Gasteiger partial charge on any atom is -0.496 e. The van der Waals surface area contributed by atoms with Crippen LogP contribution in [0.4, 0.5) is 5.69 Å². The van der Waals surface area contributed by atoms with Crippen LogP contribution in [-0.2, 0) is 0 Å². The van der Waals surface area contributed by atoms with E-state index in [1.165, 1.54) is 0 Å². The van der Waals surface area contributed by atoms with Gasteiger partial charge >= 0.3 is 0 Å². The molecule has 0 fully saturated rings. The first-order chi connectivity index (χ1) is 8.63. The Kier molecular flexibility index (Phi) is 5.65. The Bertz CT molecular complexity index is 400. The van der Waals surface area contributed by atoms with Gasteiger partial charge < -0.3 is 20.8 Å². The highest BCUT2D eigenvalue weighted by Gasteiger charge is 2.13. The van der Waals surface area contributed by atoms with Crippen LogP contribution in [-0.4, -0.2) is 37.4 Å². The van der Waals surface area contributed by atoms with Gasteiger partial charge in [0.25, 0.3) is 0 Å². The first kappa shape index (κ1) is 14.5. The van der Waals surface area contributed by atoms with Gasteiger partial charge in [-0.25, -0.2) is 0 Å². The summed E-state index contributed by atoms with van der Waals surface area (Å²) in [6.07, 6.45) is 0.687. The van der Waals surface area contributed by atoms with E-state index in [1.807, 2.05) is 18.2 Å². The maximum absolute atomic E-state index is 8.17. The lowest BCUT2D eigenvalue weighted by molar-refractivity contribution is 0.313. The number of hydrogen-bond donors (Lipinski definition) is 2. The number of methoxy groups -OCH3 is 1. The van der Waals surface area contributed by atoms with Crippen molar-refractivity contribution in [3.63, 3.8) is 0 Å². The number of anilines is 1. The molecule has 0 saturated heterocycles. The summed E-state index contributed by atoms with van der Waals surface area (Å²) in [5, 5.41) is 8.17. The Labute approximate surface area is 109 Å². The van der Waals surface area contributed by atoms with E-state index < -0.39 is 0 Å². The second kappa shape index (κ2) is 7.01. The largest absolute Gasteiger partial charge is 0.496 e.